The van der Waals surface area contributed by atoms with Gasteiger partial charge in [-0.15, -0.1) is 0 Å². The Morgan fingerprint density at radius 3 is 2.74 bits per heavy atom. The Labute approximate surface area is 183 Å². The minimum Gasteiger partial charge on any atom is -0.459 e. The highest BCUT2D eigenvalue weighted by Crippen LogP contribution is 2.26. The van der Waals surface area contributed by atoms with Gasteiger partial charge in [0.1, 0.15) is 17.2 Å². The number of carbonyl (C=O) groups excluding carboxylic acids is 2. The molecule has 1 aliphatic heterocycles. The lowest BCUT2D eigenvalue weighted by molar-refractivity contribution is -0.125. The van der Waals surface area contributed by atoms with Crippen LogP contribution in [0.4, 0.5) is 5.82 Å². The number of amides is 2. The summed E-state index contributed by atoms with van der Waals surface area (Å²) in [5.74, 6) is 1.26. The molecule has 6 nitrogen and oxygen atoms in total. The number of aromatic nitrogens is 1. The second-order valence-corrected chi connectivity index (χ2v) is 7.71. The summed E-state index contributed by atoms with van der Waals surface area (Å²) in [5, 5.41) is 3.82. The maximum absolute atomic E-state index is 12.5. The first-order chi connectivity index (χ1) is 14.9. The molecule has 2 aromatic heterocycles. The van der Waals surface area contributed by atoms with E-state index in [4.69, 9.17) is 4.42 Å². The molecule has 162 valence electrons. The van der Waals surface area contributed by atoms with Crippen molar-refractivity contribution in [3.05, 3.63) is 65.1 Å². The molecule has 0 fully saturated rings. The fourth-order valence-corrected chi connectivity index (χ4v) is 3.33. The molecule has 2 amide bonds. The molecule has 0 radical (unpaired) electrons. The molecule has 0 atom stereocenters. The lowest BCUT2D eigenvalue weighted by atomic mass is 10.0. The van der Waals surface area contributed by atoms with Crippen LogP contribution in [0.5, 0.6) is 0 Å². The zero-order chi connectivity index (χ0) is 22.4. The van der Waals surface area contributed by atoms with Crippen molar-refractivity contribution >= 4 is 34.7 Å². The number of aryl methyl sites for hydroxylation is 2. The number of rotatable bonds is 4. The number of nitrogens with one attached hydrogen (secondary N) is 1. The minimum absolute atomic E-state index is 0.0130. The predicted octanol–water partition coefficient (Wildman–Crippen LogP) is 5.11. The van der Waals surface area contributed by atoms with Gasteiger partial charge in [-0.1, -0.05) is 38.5 Å². The SMILES string of the molecule is CCC.Cc1c(CN(C)C(=O)/C=C/c2cnc3c(c2)CCC(=O)N3)oc2ccccc12. The first kappa shape index (κ1) is 22.3. The lowest BCUT2D eigenvalue weighted by Gasteiger charge is -2.16. The van der Waals surface area contributed by atoms with Gasteiger partial charge >= 0.3 is 0 Å². The zero-order valence-corrected chi connectivity index (χ0v) is 18.6. The monoisotopic (exact) mass is 419 g/mol. The first-order valence-electron chi connectivity index (χ1n) is 10.6. The number of nitrogens with zero attached hydrogens (tertiary/aromatic N) is 2. The molecular formula is C25H29N3O3. The maximum Gasteiger partial charge on any atom is 0.246 e. The van der Waals surface area contributed by atoms with Gasteiger partial charge < -0.3 is 14.6 Å². The van der Waals surface area contributed by atoms with Gasteiger partial charge in [0.15, 0.2) is 0 Å². The van der Waals surface area contributed by atoms with E-state index in [9.17, 15) is 9.59 Å². The highest BCUT2D eigenvalue weighted by Gasteiger charge is 2.16. The van der Waals surface area contributed by atoms with Gasteiger partial charge in [-0.3, -0.25) is 9.59 Å². The van der Waals surface area contributed by atoms with E-state index >= 15 is 0 Å². The number of hydrogen-bond donors (Lipinski definition) is 1. The molecule has 0 saturated heterocycles. The van der Waals surface area contributed by atoms with Crippen LogP contribution in [-0.2, 0) is 22.6 Å². The van der Waals surface area contributed by atoms with Crippen molar-refractivity contribution in [1.82, 2.24) is 9.88 Å². The lowest BCUT2D eigenvalue weighted by Crippen LogP contribution is -2.24. The molecule has 1 aliphatic rings. The molecule has 3 heterocycles. The van der Waals surface area contributed by atoms with Crippen LogP contribution in [0.3, 0.4) is 0 Å². The summed E-state index contributed by atoms with van der Waals surface area (Å²) in [4.78, 5) is 29.8. The average Bonchev–Trinajstić information content (AvgIpc) is 3.08. The van der Waals surface area contributed by atoms with E-state index < -0.39 is 0 Å². The number of fused-ring (bicyclic) bond motifs is 2. The molecular weight excluding hydrogens is 390 g/mol. The minimum atomic E-state index is -0.120. The molecule has 0 saturated carbocycles. The van der Waals surface area contributed by atoms with E-state index in [1.165, 1.54) is 12.5 Å². The molecule has 4 rings (SSSR count). The topological polar surface area (TPSA) is 75.4 Å². The van der Waals surface area contributed by atoms with E-state index in [-0.39, 0.29) is 11.8 Å². The van der Waals surface area contributed by atoms with Gasteiger partial charge in [0.25, 0.3) is 0 Å². The third kappa shape index (κ3) is 5.40. The van der Waals surface area contributed by atoms with E-state index in [2.05, 4.69) is 24.1 Å². The van der Waals surface area contributed by atoms with Crippen LogP contribution in [-0.4, -0.2) is 28.7 Å². The Morgan fingerprint density at radius 1 is 1.26 bits per heavy atom. The number of likely N-dealkylation sites (N-methyl/N-ethyl adjacent to an activating group) is 1. The van der Waals surface area contributed by atoms with Crippen molar-refractivity contribution in [1.29, 1.82) is 0 Å². The number of benzene rings is 1. The van der Waals surface area contributed by atoms with Gasteiger partial charge in [-0.2, -0.15) is 0 Å². The number of furan rings is 1. The largest absolute Gasteiger partial charge is 0.459 e. The Bertz CT molecular complexity index is 1110. The van der Waals surface area contributed by atoms with Crippen molar-refractivity contribution < 1.29 is 14.0 Å². The fourth-order valence-electron chi connectivity index (χ4n) is 3.33. The smallest absolute Gasteiger partial charge is 0.246 e. The number of anilines is 1. The quantitative estimate of drug-likeness (QED) is 0.596. The highest BCUT2D eigenvalue weighted by atomic mass is 16.3. The first-order valence-corrected chi connectivity index (χ1v) is 10.6. The van der Waals surface area contributed by atoms with Crippen LogP contribution in [0.1, 0.15) is 49.1 Å². The van der Waals surface area contributed by atoms with Crippen LogP contribution in [0.25, 0.3) is 17.0 Å². The molecule has 31 heavy (non-hydrogen) atoms. The summed E-state index contributed by atoms with van der Waals surface area (Å²) in [6.45, 7) is 6.66. The molecule has 0 spiro atoms. The summed E-state index contributed by atoms with van der Waals surface area (Å²) < 4.78 is 5.89. The summed E-state index contributed by atoms with van der Waals surface area (Å²) in [5.41, 5.74) is 3.70. The van der Waals surface area contributed by atoms with E-state index in [1.54, 1.807) is 24.2 Å². The normalized spacial score (nSPS) is 12.8. The standard InChI is InChI=1S/C22H21N3O3.C3H8/c1-14-17-5-3-4-6-18(17)28-19(14)13-25(2)21(27)10-7-15-11-16-8-9-20(26)24-22(16)23-12-15;1-3-2/h3-7,10-12H,8-9,13H2,1-2H3,(H,23,24,26);3H2,1-2H3/b10-7+;. The van der Waals surface area contributed by atoms with Crippen LogP contribution >= 0.6 is 0 Å². The second kappa shape index (κ2) is 10.1. The van der Waals surface area contributed by atoms with Crippen molar-refractivity contribution in [2.24, 2.45) is 0 Å². The molecule has 1 aromatic carbocycles. The summed E-state index contributed by atoms with van der Waals surface area (Å²) >= 11 is 0. The molecule has 1 N–H and O–H groups in total. The Morgan fingerprint density at radius 2 is 2.00 bits per heavy atom. The third-order valence-electron chi connectivity index (χ3n) is 4.98. The van der Waals surface area contributed by atoms with Crippen molar-refractivity contribution in [2.75, 3.05) is 12.4 Å². The van der Waals surface area contributed by atoms with Gasteiger partial charge in [0.2, 0.25) is 11.8 Å². The molecule has 0 unspecified atom stereocenters. The molecule has 3 aromatic rings. The van der Waals surface area contributed by atoms with Gasteiger partial charge in [-0.25, -0.2) is 4.98 Å². The number of carbonyl (C=O) groups is 2. The van der Waals surface area contributed by atoms with Crippen LogP contribution in [0, 0.1) is 6.92 Å². The van der Waals surface area contributed by atoms with Crippen molar-refractivity contribution in [3.8, 4) is 0 Å². The van der Waals surface area contributed by atoms with Crippen LogP contribution in [0.15, 0.2) is 47.0 Å². The molecule has 6 heteroatoms. The Hall–Kier alpha value is -3.41. The van der Waals surface area contributed by atoms with Gasteiger partial charge in [0, 0.05) is 36.7 Å². The molecule has 0 aliphatic carbocycles. The molecule has 0 bridgehead atoms. The Balaban J connectivity index is 0.000000858. The third-order valence-corrected chi connectivity index (χ3v) is 4.98. The maximum atomic E-state index is 12.5. The summed E-state index contributed by atoms with van der Waals surface area (Å²) in [6.07, 6.45) is 7.30. The highest BCUT2D eigenvalue weighted by molar-refractivity contribution is 5.94. The fraction of sp³-hybridized carbons (Fsp3) is 0.320. The summed E-state index contributed by atoms with van der Waals surface area (Å²) in [7, 11) is 1.75. The summed E-state index contributed by atoms with van der Waals surface area (Å²) in [6, 6.07) is 9.81. The predicted molar refractivity (Wildman–Crippen MR) is 124 cm³/mol. The second-order valence-electron chi connectivity index (χ2n) is 7.71. The number of para-hydroxylation sites is 1. The van der Waals surface area contributed by atoms with Gasteiger partial charge in [0.05, 0.1) is 6.54 Å². The van der Waals surface area contributed by atoms with Gasteiger partial charge in [-0.05, 0) is 42.7 Å². The average molecular weight is 420 g/mol. The Kier molecular flexibility index (Phi) is 7.23. The van der Waals surface area contributed by atoms with Crippen molar-refractivity contribution in [2.45, 2.75) is 46.6 Å². The number of pyridine rings is 1. The van der Waals surface area contributed by atoms with Crippen LogP contribution < -0.4 is 5.32 Å². The van der Waals surface area contributed by atoms with E-state index in [0.29, 0.717) is 25.2 Å². The van der Waals surface area contributed by atoms with E-state index in [0.717, 1.165) is 33.4 Å². The number of hydrogen-bond acceptors (Lipinski definition) is 4. The van der Waals surface area contributed by atoms with Crippen molar-refractivity contribution in [3.63, 3.8) is 0 Å². The van der Waals surface area contributed by atoms with Crippen LogP contribution in [0.2, 0.25) is 0 Å². The van der Waals surface area contributed by atoms with E-state index in [1.807, 2.05) is 37.3 Å². The zero-order valence-electron chi connectivity index (χ0n) is 18.6.